The van der Waals surface area contributed by atoms with E-state index in [2.05, 4.69) is 27.4 Å². The maximum atomic E-state index is 11.3. The van der Waals surface area contributed by atoms with Crippen molar-refractivity contribution in [2.45, 2.75) is 46.1 Å². The van der Waals surface area contributed by atoms with Crippen molar-refractivity contribution in [1.82, 2.24) is 0 Å². The maximum absolute atomic E-state index is 11.3. The summed E-state index contributed by atoms with van der Waals surface area (Å²) in [7, 11) is 0. The van der Waals surface area contributed by atoms with Crippen LogP contribution in [0.2, 0.25) is 0 Å². The quantitative estimate of drug-likeness (QED) is 0.512. The highest BCUT2D eigenvalue weighted by atomic mass is 16.5. The minimum absolute atomic E-state index is 0.109. The van der Waals surface area contributed by atoms with E-state index < -0.39 is 0 Å². The Kier molecular flexibility index (Phi) is 3.35. The molecule has 2 unspecified atom stereocenters. The first-order chi connectivity index (χ1) is 6.47. The number of carbonyl (C=O) groups is 1. The molecular formula is C12H20O2. The van der Waals surface area contributed by atoms with Crippen LogP contribution in [-0.4, -0.2) is 12.1 Å². The van der Waals surface area contributed by atoms with E-state index in [4.69, 9.17) is 4.74 Å². The summed E-state index contributed by atoms with van der Waals surface area (Å²) in [6.45, 7) is 10.2. The molecule has 0 amide bonds. The van der Waals surface area contributed by atoms with E-state index in [9.17, 15) is 4.79 Å². The fourth-order valence-electron chi connectivity index (χ4n) is 1.99. The van der Waals surface area contributed by atoms with E-state index in [1.165, 1.54) is 0 Å². The third-order valence-electron chi connectivity index (χ3n) is 3.46. The largest absolute Gasteiger partial charge is 0.462 e. The minimum Gasteiger partial charge on any atom is -0.462 e. The molecule has 0 N–H and O–H groups in total. The molecule has 1 aliphatic carbocycles. The van der Waals surface area contributed by atoms with Crippen LogP contribution in [0.15, 0.2) is 12.7 Å². The number of esters is 1. The molecule has 0 heterocycles. The van der Waals surface area contributed by atoms with E-state index in [1.54, 1.807) is 6.08 Å². The molecule has 0 spiro atoms. The van der Waals surface area contributed by atoms with Crippen molar-refractivity contribution in [1.29, 1.82) is 0 Å². The van der Waals surface area contributed by atoms with E-state index in [0.29, 0.717) is 17.8 Å². The van der Waals surface area contributed by atoms with Crippen molar-refractivity contribution in [3.63, 3.8) is 0 Å². The van der Waals surface area contributed by atoms with Crippen LogP contribution < -0.4 is 0 Å². The Bertz CT molecular complexity index is 230. The summed E-state index contributed by atoms with van der Waals surface area (Å²) in [5, 5.41) is 0. The number of rotatable bonds is 3. The van der Waals surface area contributed by atoms with Crippen LogP contribution in [0.1, 0.15) is 40.0 Å². The van der Waals surface area contributed by atoms with Crippen LogP contribution in [0, 0.1) is 11.3 Å². The van der Waals surface area contributed by atoms with Crippen molar-refractivity contribution in [3.05, 3.63) is 12.7 Å². The average Bonchev–Trinajstić information content (AvgIpc) is 2.33. The number of hydrogen-bond acceptors (Lipinski definition) is 2. The summed E-state index contributed by atoms with van der Waals surface area (Å²) in [4.78, 5) is 11.3. The molecule has 2 heteroatoms. The molecule has 0 saturated heterocycles. The molecule has 0 radical (unpaired) electrons. The molecule has 0 aromatic rings. The van der Waals surface area contributed by atoms with E-state index in [-0.39, 0.29) is 12.1 Å². The van der Waals surface area contributed by atoms with Gasteiger partial charge in [0.05, 0.1) is 6.42 Å². The molecule has 1 fully saturated rings. The van der Waals surface area contributed by atoms with Gasteiger partial charge in [-0.15, -0.1) is 6.58 Å². The van der Waals surface area contributed by atoms with Crippen molar-refractivity contribution >= 4 is 5.97 Å². The molecule has 2 atom stereocenters. The number of carbonyl (C=O) groups excluding carboxylic acids is 1. The van der Waals surface area contributed by atoms with Gasteiger partial charge in [-0.1, -0.05) is 26.8 Å². The Labute approximate surface area is 86.3 Å². The van der Waals surface area contributed by atoms with Crippen LogP contribution in [0.3, 0.4) is 0 Å². The first kappa shape index (κ1) is 11.3. The van der Waals surface area contributed by atoms with Crippen LogP contribution >= 0.6 is 0 Å². The molecule has 1 aliphatic rings. The van der Waals surface area contributed by atoms with E-state index in [1.807, 2.05) is 0 Å². The zero-order chi connectivity index (χ0) is 10.8. The lowest BCUT2D eigenvalue weighted by atomic mass is 9.83. The molecular weight excluding hydrogens is 176 g/mol. The second-order valence-corrected chi connectivity index (χ2v) is 4.84. The standard InChI is InChI=1S/C12H20O2/c1-5-6-11(13)14-10-7-8-12(3,4)9(10)2/h5,9-10H,1,6-8H2,2-4H3. The lowest BCUT2D eigenvalue weighted by molar-refractivity contribution is -0.150. The Morgan fingerprint density at radius 1 is 1.64 bits per heavy atom. The van der Waals surface area contributed by atoms with Gasteiger partial charge in [0.1, 0.15) is 6.10 Å². The van der Waals surface area contributed by atoms with Gasteiger partial charge in [-0.3, -0.25) is 4.79 Å². The first-order valence-electron chi connectivity index (χ1n) is 5.28. The summed E-state index contributed by atoms with van der Waals surface area (Å²) >= 11 is 0. The van der Waals surface area contributed by atoms with Crippen LogP contribution in [0.4, 0.5) is 0 Å². The highest BCUT2D eigenvalue weighted by molar-refractivity contribution is 5.71. The SMILES string of the molecule is C=CCC(=O)OC1CCC(C)(C)C1C. The molecule has 0 aromatic carbocycles. The molecule has 14 heavy (non-hydrogen) atoms. The van der Waals surface area contributed by atoms with Gasteiger partial charge in [0, 0.05) is 0 Å². The second-order valence-electron chi connectivity index (χ2n) is 4.84. The van der Waals surface area contributed by atoms with Gasteiger partial charge in [0.15, 0.2) is 0 Å². The summed E-state index contributed by atoms with van der Waals surface area (Å²) < 4.78 is 5.39. The fraction of sp³-hybridized carbons (Fsp3) is 0.750. The van der Waals surface area contributed by atoms with Gasteiger partial charge in [0.25, 0.3) is 0 Å². The zero-order valence-electron chi connectivity index (χ0n) is 9.38. The summed E-state index contributed by atoms with van der Waals surface area (Å²) in [5.41, 5.74) is 0.305. The summed E-state index contributed by atoms with van der Waals surface area (Å²) in [5.74, 6) is 0.311. The molecule has 0 aromatic heterocycles. The third kappa shape index (κ3) is 2.37. The van der Waals surface area contributed by atoms with Crippen molar-refractivity contribution in [3.8, 4) is 0 Å². The predicted octanol–water partition coefficient (Wildman–Crippen LogP) is 2.93. The molecule has 2 nitrogen and oxygen atoms in total. The van der Waals surface area contributed by atoms with Gasteiger partial charge < -0.3 is 4.74 Å². The van der Waals surface area contributed by atoms with Crippen molar-refractivity contribution in [2.75, 3.05) is 0 Å². The molecule has 1 saturated carbocycles. The number of ether oxygens (including phenoxy) is 1. The average molecular weight is 196 g/mol. The molecule has 1 rings (SSSR count). The summed E-state index contributed by atoms with van der Waals surface area (Å²) in [6, 6.07) is 0. The first-order valence-corrected chi connectivity index (χ1v) is 5.28. The van der Waals surface area contributed by atoms with Crippen LogP contribution in [0.25, 0.3) is 0 Å². The Balaban J connectivity index is 2.48. The van der Waals surface area contributed by atoms with Gasteiger partial charge >= 0.3 is 5.97 Å². The van der Waals surface area contributed by atoms with Crippen LogP contribution in [0.5, 0.6) is 0 Å². The highest BCUT2D eigenvalue weighted by Crippen LogP contribution is 2.43. The van der Waals surface area contributed by atoms with Crippen molar-refractivity contribution < 1.29 is 9.53 Å². The monoisotopic (exact) mass is 196 g/mol. The van der Waals surface area contributed by atoms with Gasteiger partial charge in [0.2, 0.25) is 0 Å². The Hall–Kier alpha value is -0.790. The molecule has 0 bridgehead atoms. The zero-order valence-corrected chi connectivity index (χ0v) is 9.38. The van der Waals surface area contributed by atoms with Crippen LogP contribution in [-0.2, 0) is 9.53 Å². The van der Waals surface area contributed by atoms with Gasteiger partial charge in [-0.25, -0.2) is 0 Å². The van der Waals surface area contributed by atoms with Gasteiger partial charge in [-0.2, -0.15) is 0 Å². The van der Waals surface area contributed by atoms with E-state index >= 15 is 0 Å². The normalized spacial score (nSPS) is 29.9. The maximum Gasteiger partial charge on any atom is 0.309 e. The second kappa shape index (κ2) is 4.16. The lowest BCUT2D eigenvalue weighted by Crippen LogP contribution is -2.26. The summed E-state index contributed by atoms with van der Waals surface area (Å²) in [6.07, 6.45) is 4.16. The molecule has 0 aliphatic heterocycles. The topological polar surface area (TPSA) is 26.3 Å². The molecule has 80 valence electrons. The smallest absolute Gasteiger partial charge is 0.309 e. The minimum atomic E-state index is -0.144. The third-order valence-corrected chi connectivity index (χ3v) is 3.46. The predicted molar refractivity (Wildman–Crippen MR) is 56.9 cm³/mol. The van der Waals surface area contributed by atoms with E-state index in [0.717, 1.165) is 12.8 Å². The van der Waals surface area contributed by atoms with Crippen molar-refractivity contribution in [2.24, 2.45) is 11.3 Å². The Morgan fingerprint density at radius 2 is 2.29 bits per heavy atom. The number of hydrogen-bond donors (Lipinski definition) is 0. The Morgan fingerprint density at radius 3 is 2.71 bits per heavy atom. The lowest BCUT2D eigenvalue weighted by Gasteiger charge is -2.26. The van der Waals surface area contributed by atoms with Gasteiger partial charge in [-0.05, 0) is 24.2 Å². The fourth-order valence-corrected chi connectivity index (χ4v) is 1.99. The highest BCUT2D eigenvalue weighted by Gasteiger charge is 2.40.